The highest BCUT2D eigenvalue weighted by Gasteiger charge is 2.30. The zero-order valence-corrected chi connectivity index (χ0v) is 10.5. The molecule has 2 atom stereocenters. The summed E-state index contributed by atoms with van der Waals surface area (Å²) in [4.78, 5) is 13.9. The highest BCUT2D eigenvalue weighted by molar-refractivity contribution is 5.95. The van der Waals surface area contributed by atoms with Crippen molar-refractivity contribution in [2.24, 2.45) is 11.7 Å². The van der Waals surface area contributed by atoms with Crippen LogP contribution in [0.15, 0.2) is 24.3 Å². The molecule has 0 saturated heterocycles. The van der Waals surface area contributed by atoms with Gasteiger partial charge in [-0.1, -0.05) is 12.1 Å². The Hall–Kier alpha value is -1.86. The Morgan fingerprint density at radius 1 is 1.44 bits per heavy atom. The predicted octanol–water partition coefficient (Wildman–Crippen LogP) is 1.65. The van der Waals surface area contributed by atoms with Gasteiger partial charge in [0.25, 0.3) is 0 Å². The van der Waals surface area contributed by atoms with Gasteiger partial charge in [-0.3, -0.25) is 4.79 Å². The normalized spacial score (nSPS) is 22.5. The first-order chi connectivity index (χ1) is 8.63. The van der Waals surface area contributed by atoms with E-state index in [9.17, 15) is 4.79 Å². The number of hydrogen-bond donors (Lipinski definition) is 1. The summed E-state index contributed by atoms with van der Waals surface area (Å²) in [5.41, 5.74) is 7.03. The number of para-hydroxylation sites is 1. The van der Waals surface area contributed by atoms with Crippen molar-refractivity contribution in [2.45, 2.75) is 25.3 Å². The number of carbonyl (C=O) groups excluding carboxylic acids is 1. The molecule has 1 aromatic carbocycles. The third kappa shape index (κ3) is 2.36. The Morgan fingerprint density at radius 2 is 2.17 bits per heavy atom. The van der Waals surface area contributed by atoms with Gasteiger partial charge in [-0.25, -0.2) is 0 Å². The Balaban J connectivity index is 2.18. The Bertz CT molecular complexity index is 492. The number of rotatable bonds is 2. The summed E-state index contributed by atoms with van der Waals surface area (Å²) in [6.07, 6.45) is 2.50. The molecule has 2 unspecified atom stereocenters. The number of nitriles is 1. The number of nitrogens with zero attached hydrogens (tertiary/aromatic N) is 2. The van der Waals surface area contributed by atoms with Crippen LogP contribution in [0.25, 0.3) is 0 Å². The van der Waals surface area contributed by atoms with Crippen LogP contribution in [0.2, 0.25) is 0 Å². The number of carbonyl (C=O) groups is 1. The smallest absolute Gasteiger partial charge is 0.229 e. The van der Waals surface area contributed by atoms with Crippen LogP contribution in [0.3, 0.4) is 0 Å². The van der Waals surface area contributed by atoms with Gasteiger partial charge in [0.15, 0.2) is 0 Å². The van der Waals surface area contributed by atoms with Crippen molar-refractivity contribution in [3.8, 4) is 6.07 Å². The molecule has 1 fully saturated rings. The van der Waals surface area contributed by atoms with Gasteiger partial charge in [-0.15, -0.1) is 0 Å². The summed E-state index contributed by atoms with van der Waals surface area (Å²) in [7, 11) is 1.72. The van der Waals surface area contributed by atoms with E-state index in [1.807, 2.05) is 6.07 Å². The fraction of sp³-hybridized carbons (Fsp3) is 0.429. The van der Waals surface area contributed by atoms with Gasteiger partial charge in [0, 0.05) is 19.0 Å². The minimum atomic E-state index is -0.00301. The highest BCUT2D eigenvalue weighted by atomic mass is 16.2. The van der Waals surface area contributed by atoms with Gasteiger partial charge in [0.05, 0.1) is 11.3 Å². The first-order valence-corrected chi connectivity index (χ1v) is 6.15. The van der Waals surface area contributed by atoms with Crippen LogP contribution in [-0.4, -0.2) is 19.0 Å². The summed E-state index contributed by atoms with van der Waals surface area (Å²) < 4.78 is 0. The molecule has 1 aromatic rings. The molecule has 1 amide bonds. The van der Waals surface area contributed by atoms with E-state index < -0.39 is 0 Å². The predicted molar refractivity (Wildman–Crippen MR) is 69.9 cm³/mol. The maximum atomic E-state index is 12.3. The highest BCUT2D eigenvalue weighted by Crippen LogP contribution is 2.28. The van der Waals surface area contributed by atoms with Crippen LogP contribution in [0.5, 0.6) is 0 Å². The van der Waals surface area contributed by atoms with Crippen LogP contribution in [0.1, 0.15) is 24.8 Å². The minimum absolute atomic E-state index is 0.00301. The van der Waals surface area contributed by atoms with E-state index in [4.69, 9.17) is 11.0 Å². The third-order valence-corrected chi connectivity index (χ3v) is 3.54. The van der Waals surface area contributed by atoms with Crippen molar-refractivity contribution in [1.82, 2.24) is 0 Å². The molecule has 4 heteroatoms. The van der Waals surface area contributed by atoms with E-state index in [-0.39, 0.29) is 17.9 Å². The lowest BCUT2D eigenvalue weighted by atomic mass is 10.1. The molecular formula is C14H17N3O. The molecule has 2 rings (SSSR count). The molecule has 0 bridgehead atoms. The summed E-state index contributed by atoms with van der Waals surface area (Å²) in [5.74, 6) is 0.0578. The van der Waals surface area contributed by atoms with Crippen LogP contribution < -0.4 is 10.6 Å². The first-order valence-electron chi connectivity index (χ1n) is 6.15. The van der Waals surface area contributed by atoms with Crippen LogP contribution >= 0.6 is 0 Å². The molecule has 0 heterocycles. The number of anilines is 1. The topological polar surface area (TPSA) is 70.1 Å². The molecule has 2 N–H and O–H groups in total. The lowest BCUT2D eigenvalue weighted by molar-refractivity contribution is -0.121. The van der Waals surface area contributed by atoms with E-state index in [1.165, 1.54) is 0 Å². The van der Waals surface area contributed by atoms with E-state index in [0.29, 0.717) is 11.3 Å². The second kappa shape index (κ2) is 5.19. The summed E-state index contributed by atoms with van der Waals surface area (Å²) in [5, 5.41) is 9.05. The molecule has 0 aromatic heterocycles. The van der Waals surface area contributed by atoms with Gasteiger partial charge in [-0.05, 0) is 31.4 Å². The lowest BCUT2D eigenvalue weighted by Gasteiger charge is -2.22. The SMILES string of the molecule is CN(C(=O)C1CCC(N)C1)c1ccccc1C#N. The van der Waals surface area contributed by atoms with Crippen molar-refractivity contribution in [3.63, 3.8) is 0 Å². The monoisotopic (exact) mass is 243 g/mol. The maximum Gasteiger partial charge on any atom is 0.229 e. The molecule has 18 heavy (non-hydrogen) atoms. The Kier molecular flexibility index (Phi) is 3.63. The Labute approximate surface area is 107 Å². The molecule has 1 aliphatic carbocycles. The Morgan fingerprint density at radius 3 is 2.78 bits per heavy atom. The minimum Gasteiger partial charge on any atom is -0.328 e. The molecule has 0 radical (unpaired) electrons. The average Bonchev–Trinajstić information content (AvgIpc) is 2.83. The molecular weight excluding hydrogens is 226 g/mol. The quantitative estimate of drug-likeness (QED) is 0.858. The standard InChI is InChI=1S/C14H17N3O/c1-17(13-5-3-2-4-11(13)9-15)14(18)10-6-7-12(16)8-10/h2-5,10,12H,6-8,16H2,1H3. The van der Waals surface area contributed by atoms with Crippen LogP contribution in [-0.2, 0) is 4.79 Å². The van der Waals surface area contributed by atoms with Crippen LogP contribution in [0.4, 0.5) is 5.69 Å². The number of benzene rings is 1. The molecule has 94 valence electrons. The molecule has 1 saturated carbocycles. The van der Waals surface area contributed by atoms with E-state index in [0.717, 1.165) is 19.3 Å². The van der Waals surface area contributed by atoms with Gasteiger partial charge >= 0.3 is 0 Å². The zero-order valence-electron chi connectivity index (χ0n) is 10.5. The molecule has 0 spiro atoms. The number of hydrogen-bond acceptors (Lipinski definition) is 3. The number of nitrogens with two attached hydrogens (primary N) is 1. The second-order valence-corrected chi connectivity index (χ2v) is 4.80. The van der Waals surface area contributed by atoms with Gasteiger partial charge in [0.1, 0.15) is 6.07 Å². The van der Waals surface area contributed by atoms with Crippen molar-refractivity contribution < 1.29 is 4.79 Å². The lowest BCUT2D eigenvalue weighted by Crippen LogP contribution is -2.33. The second-order valence-electron chi connectivity index (χ2n) is 4.80. The third-order valence-electron chi connectivity index (χ3n) is 3.54. The van der Waals surface area contributed by atoms with E-state index in [1.54, 1.807) is 30.1 Å². The average molecular weight is 243 g/mol. The zero-order chi connectivity index (χ0) is 13.1. The first kappa shape index (κ1) is 12.6. The molecule has 1 aliphatic rings. The summed E-state index contributed by atoms with van der Waals surface area (Å²) in [6, 6.07) is 9.40. The fourth-order valence-electron chi connectivity index (χ4n) is 2.49. The van der Waals surface area contributed by atoms with Crippen molar-refractivity contribution in [3.05, 3.63) is 29.8 Å². The molecule has 0 aliphatic heterocycles. The summed E-state index contributed by atoms with van der Waals surface area (Å²) in [6.45, 7) is 0. The maximum absolute atomic E-state index is 12.3. The van der Waals surface area contributed by atoms with E-state index in [2.05, 4.69) is 6.07 Å². The van der Waals surface area contributed by atoms with E-state index >= 15 is 0 Å². The fourth-order valence-corrected chi connectivity index (χ4v) is 2.49. The van der Waals surface area contributed by atoms with Gasteiger partial charge < -0.3 is 10.6 Å². The largest absolute Gasteiger partial charge is 0.328 e. The van der Waals surface area contributed by atoms with Crippen molar-refractivity contribution >= 4 is 11.6 Å². The van der Waals surface area contributed by atoms with Crippen LogP contribution in [0, 0.1) is 17.2 Å². The van der Waals surface area contributed by atoms with Crippen molar-refractivity contribution in [2.75, 3.05) is 11.9 Å². The van der Waals surface area contributed by atoms with Crippen molar-refractivity contribution in [1.29, 1.82) is 5.26 Å². The molecule has 4 nitrogen and oxygen atoms in total. The number of amides is 1. The van der Waals surface area contributed by atoms with Gasteiger partial charge in [0.2, 0.25) is 5.91 Å². The summed E-state index contributed by atoms with van der Waals surface area (Å²) >= 11 is 0. The van der Waals surface area contributed by atoms with Gasteiger partial charge in [-0.2, -0.15) is 5.26 Å².